The van der Waals surface area contributed by atoms with E-state index in [-0.39, 0.29) is 28.8 Å². The van der Waals surface area contributed by atoms with Gasteiger partial charge in [-0.3, -0.25) is 9.59 Å². The second kappa shape index (κ2) is 6.99. The summed E-state index contributed by atoms with van der Waals surface area (Å²) in [6.45, 7) is 10.6. The molecule has 0 N–H and O–H groups in total. The lowest BCUT2D eigenvalue weighted by atomic mass is 9.47. The van der Waals surface area contributed by atoms with Gasteiger partial charge in [-0.1, -0.05) is 38.8 Å². The van der Waals surface area contributed by atoms with Gasteiger partial charge >= 0.3 is 5.97 Å². The molecule has 3 heteroatoms. The molecule has 0 heterocycles. The highest BCUT2D eigenvalue weighted by atomic mass is 16.5. The minimum atomic E-state index is -0.150. The number of allylic oxidation sites excluding steroid dienone is 1. The number of ketones is 1. The van der Waals surface area contributed by atoms with Crippen LogP contribution in [0.4, 0.5) is 0 Å². The molecule has 3 nitrogen and oxygen atoms in total. The van der Waals surface area contributed by atoms with E-state index in [0.717, 1.165) is 43.9 Å². The van der Waals surface area contributed by atoms with Crippen molar-refractivity contribution in [1.29, 1.82) is 0 Å². The zero-order valence-corrected chi connectivity index (χ0v) is 18.4. The second-order valence-corrected chi connectivity index (χ2v) is 10.8. The molecule has 0 amide bonds. The summed E-state index contributed by atoms with van der Waals surface area (Å²) in [6, 6.07) is 0. The number of hydrogen-bond acceptors (Lipinski definition) is 3. The third-order valence-electron chi connectivity index (χ3n) is 9.53. The van der Waals surface area contributed by atoms with Crippen molar-refractivity contribution < 1.29 is 14.3 Å². The van der Waals surface area contributed by atoms with Crippen molar-refractivity contribution in [2.24, 2.45) is 40.4 Å². The Kier molecular flexibility index (Phi) is 5.03. The Morgan fingerprint density at radius 1 is 1.14 bits per heavy atom. The van der Waals surface area contributed by atoms with Gasteiger partial charge in [0.05, 0.1) is 0 Å². The fourth-order valence-electron chi connectivity index (χ4n) is 8.34. The molecule has 156 valence electrons. The molecule has 0 aliphatic heterocycles. The zero-order valence-electron chi connectivity index (χ0n) is 18.4. The maximum atomic E-state index is 12.6. The molecule has 3 fully saturated rings. The molecule has 0 saturated heterocycles. The van der Waals surface area contributed by atoms with Gasteiger partial charge in [0.2, 0.25) is 0 Å². The number of carbonyl (C=O) groups is 2. The second-order valence-electron chi connectivity index (χ2n) is 10.8. The fraction of sp³-hybridized carbons (Fsp3) is 0.840. The first-order chi connectivity index (χ1) is 13.2. The van der Waals surface area contributed by atoms with Gasteiger partial charge < -0.3 is 4.74 Å². The molecule has 4 rings (SSSR count). The van der Waals surface area contributed by atoms with Gasteiger partial charge in [0, 0.05) is 19.3 Å². The van der Waals surface area contributed by atoms with Crippen LogP contribution in [0.1, 0.15) is 86.0 Å². The van der Waals surface area contributed by atoms with Crippen molar-refractivity contribution >= 4 is 11.8 Å². The van der Waals surface area contributed by atoms with E-state index in [4.69, 9.17) is 4.74 Å². The summed E-state index contributed by atoms with van der Waals surface area (Å²) >= 11 is 0. The number of hydrogen-bond donors (Lipinski definition) is 0. The van der Waals surface area contributed by atoms with E-state index >= 15 is 0 Å². The average Bonchev–Trinajstić information content (AvgIpc) is 2.94. The Bertz CT molecular complexity index is 694. The van der Waals surface area contributed by atoms with Crippen LogP contribution < -0.4 is 0 Å². The topological polar surface area (TPSA) is 43.4 Å². The van der Waals surface area contributed by atoms with Crippen molar-refractivity contribution in [2.75, 3.05) is 0 Å². The molecule has 4 aliphatic rings. The Hall–Kier alpha value is -1.12. The van der Waals surface area contributed by atoms with Crippen molar-refractivity contribution in [1.82, 2.24) is 0 Å². The molecule has 0 aromatic heterocycles. The highest BCUT2D eigenvalue weighted by Gasteiger charge is 2.61. The minimum absolute atomic E-state index is 0.0697. The molecule has 28 heavy (non-hydrogen) atoms. The Morgan fingerprint density at radius 3 is 2.54 bits per heavy atom. The standard InChI is InChI=1S/C25H38O3/c1-6-17-13-22-20-8-7-18-14-19(28-16(3)27)9-11-24(18,4)21(20)10-12-25(22,5)23(17)15(2)26/h7,17,19-23H,6,8-14H2,1-5H3/t17-,19?,20?,21?,22?,23+,24+,25+/m1/s1. The van der Waals surface area contributed by atoms with Gasteiger partial charge in [0.15, 0.2) is 0 Å². The quantitative estimate of drug-likeness (QED) is 0.460. The highest BCUT2D eigenvalue weighted by Crippen LogP contribution is 2.67. The minimum Gasteiger partial charge on any atom is -0.462 e. The van der Waals surface area contributed by atoms with Crippen LogP contribution in [0.2, 0.25) is 0 Å². The number of ether oxygens (including phenoxy) is 1. The van der Waals surface area contributed by atoms with Crippen molar-refractivity contribution in [3.63, 3.8) is 0 Å². The van der Waals surface area contributed by atoms with Crippen LogP contribution in [0.15, 0.2) is 11.6 Å². The molecule has 0 aromatic rings. The van der Waals surface area contributed by atoms with Crippen LogP contribution in [-0.2, 0) is 14.3 Å². The van der Waals surface area contributed by atoms with Crippen LogP contribution in [0.3, 0.4) is 0 Å². The van der Waals surface area contributed by atoms with E-state index in [2.05, 4.69) is 26.8 Å². The van der Waals surface area contributed by atoms with E-state index in [1.807, 2.05) is 6.92 Å². The first-order valence-corrected chi connectivity index (χ1v) is 11.6. The molecule has 3 saturated carbocycles. The summed E-state index contributed by atoms with van der Waals surface area (Å²) in [4.78, 5) is 24.0. The van der Waals surface area contributed by atoms with Gasteiger partial charge in [-0.25, -0.2) is 0 Å². The van der Waals surface area contributed by atoms with Crippen molar-refractivity contribution in [3.8, 4) is 0 Å². The van der Waals surface area contributed by atoms with Crippen LogP contribution in [0, 0.1) is 40.4 Å². The molecular formula is C25H38O3. The van der Waals surface area contributed by atoms with E-state index in [0.29, 0.717) is 17.6 Å². The molecule has 0 radical (unpaired) electrons. The van der Waals surface area contributed by atoms with Gasteiger partial charge in [0.25, 0.3) is 0 Å². The van der Waals surface area contributed by atoms with E-state index in [1.54, 1.807) is 5.57 Å². The van der Waals surface area contributed by atoms with Crippen LogP contribution in [-0.4, -0.2) is 17.9 Å². The predicted molar refractivity (Wildman–Crippen MR) is 111 cm³/mol. The highest BCUT2D eigenvalue weighted by molar-refractivity contribution is 5.80. The summed E-state index contributed by atoms with van der Waals surface area (Å²) in [5, 5.41) is 0. The summed E-state index contributed by atoms with van der Waals surface area (Å²) in [7, 11) is 0. The average molecular weight is 387 g/mol. The third kappa shape index (κ3) is 2.91. The van der Waals surface area contributed by atoms with Gasteiger partial charge in [0.1, 0.15) is 11.9 Å². The largest absolute Gasteiger partial charge is 0.462 e. The molecule has 4 aliphatic carbocycles. The lowest BCUT2D eigenvalue weighted by Gasteiger charge is -2.58. The summed E-state index contributed by atoms with van der Waals surface area (Å²) in [5.74, 6) is 3.25. The number of esters is 1. The van der Waals surface area contributed by atoms with Gasteiger partial charge in [-0.2, -0.15) is 0 Å². The van der Waals surface area contributed by atoms with Gasteiger partial charge in [-0.05, 0) is 80.0 Å². The van der Waals surface area contributed by atoms with Gasteiger partial charge in [-0.15, -0.1) is 0 Å². The van der Waals surface area contributed by atoms with Crippen molar-refractivity contribution in [2.45, 2.75) is 92.1 Å². The predicted octanol–water partition coefficient (Wildman–Crippen LogP) is 5.72. The third-order valence-corrected chi connectivity index (χ3v) is 9.53. The van der Waals surface area contributed by atoms with E-state index in [9.17, 15) is 9.59 Å². The monoisotopic (exact) mass is 386 g/mol. The Morgan fingerprint density at radius 2 is 1.89 bits per heavy atom. The smallest absolute Gasteiger partial charge is 0.302 e. The summed E-state index contributed by atoms with van der Waals surface area (Å²) in [6.07, 6.45) is 11.6. The maximum Gasteiger partial charge on any atom is 0.302 e. The Balaban J connectivity index is 1.61. The number of rotatable bonds is 3. The van der Waals surface area contributed by atoms with E-state index in [1.165, 1.54) is 26.2 Å². The number of Topliss-reactive ketones (excluding diaryl/α,β-unsaturated/α-hetero) is 1. The first-order valence-electron chi connectivity index (χ1n) is 11.6. The lowest BCUT2D eigenvalue weighted by molar-refractivity contribution is -0.149. The van der Waals surface area contributed by atoms with Crippen molar-refractivity contribution in [3.05, 3.63) is 11.6 Å². The lowest BCUT2D eigenvalue weighted by Crippen LogP contribution is -2.51. The molecular weight excluding hydrogens is 348 g/mol. The molecule has 4 unspecified atom stereocenters. The molecule has 0 spiro atoms. The number of fused-ring (bicyclic) bond motifs is 5. The van der Waals surface area contributed by atoms with Crippen LogP contribution >= 0.6 is 0 Å². The number of carbonyl (C=O) groups excluding carboxylic acids is 2. The maximum absolute atomic E-state index is 12.6. The summed E-state index contributed by atoms with van der Waals surface area (Å²) in [5.41, 5.74) is 2.00. The summed E-state index contributed by atoms with van der Waals surface area (Å²) < 4.78 is 5.56. The molecule has 8 atom stereocenters. The van der Waals surface area contributed by atoms with Crippen LogP contribution in [0.5, 0.6) is 0 Å². The zero-order chi connectivity index (χ0) is 20.3. The molecule has 0 aromatic carbocycles. The fourth-order valence-corrected chi connectivity index (χ4v) is 8.34. The SMILES string of the molecule is CC[C@@H]1CC2C3CC=C4CC(OC(C)=O)CC[C@]4(C)C3CC[C@]2(C)[C@H]1C(C)=O. The first kappa shape index (κ1) is 20.2. The van der Waals surface area contributed by atoms with E-state index < -0.39 is 0 Å². The van der Waals surface area contributed by atoms with Crippen LogP contribution in [0.25, 0.3) is 0 Å². The Labute approximate surface area is 170 Å². The normalized spacial score (nSPS) is 47.4. The molecule has 0 bridgehead atoms.